The highest BCUT2D eigenvalue weighted by molar-refractivity contribution is 5.96. The molecule has 10 nitrogen and oxygen atoms in total. The van der Waals surface area contributed by atoms with Crippen molar-refractivity contribution in [2.24, 2.45) is 29.6 Å². The Morgan fingerprint density at radius 2 is 1.65 bits per heavy atom. The van der Waals surface area contributed by atoms with Crippen LogP contribution in [0.1, 0.15) is 143 Å². The van der Waals surface area contributed by atoms with Gasteiger partial charge < -0.3 is 34.8 Å². The van der Waals surface area contributed by atoms with Crippen LogP contribution in [0.25, 0.3) is 35.6 Å². The number of H-pyrrole nitrogens is 3. The molecular weight excluding hydrogens is 753 g/mol. The van der Waals surface area contributed by atoms with E-state index in [1.165, 1.54) is 38.4 Å². The number of aromatic amines is 3. The predicted molar refractivity (Wildman–Crippen MR) is 241 cm³/mol. The second-order valence-electron chi connectivity index (χ2n) is 17.8. The summed E-state index contributed by atoms with van der Waals surface area (Å²) in [5.74, 6) is -0.843. The molecule has 3 aliphatic rings. The first-order valence-electron chi connectivity index (χ1n) is 22.0. The number of rotatable bonds is 17. The van der Waals surface area contributed by atoms with Gasteiger partial charge in [-0.25, -0.2) is 0 Å². The first kappa shape index (κ1) is 44.3. The largest absolute Gasteiger partial charge is 0.510 e. The summed E-state index contributed by atoms with van der Waals surface area (Å²) >= 11 is 0. The van der Waals surface area contributed by atoms with Crippen molar-refractivity contribution in [1.82, 2.24) is 20.3 Å². The molecule has 0 radical (unpaired) electrons. The summed E-state index contributed by atoms with van der Waals surface area (Å²) in [6, 6.07) is -0.481. The number of aliphatic hydroxyl groups is 1. The maximum Gasteiger partial charge on any atom is 0.320 e. The number of aliphatic hydroxyl groups excluding tert-OH is 1. The summed E-state index contributed by atoms with van der Waals surface area (Å²) in [7, 11) is 1.33. The number of ether oxygens (including phenoxy) is 2. The van der Waals surface area contributed by atoms with Crippen molar-refractivity contribution in [3.63, 3.8) is 0 Å². The molecule has 1 saturated heterocycles. The van der Waals surface area contributed by atoms with Crippen LogP contribution in [-0.2, 0) is 25.5 Å². The normalized spacial score (nSPS) is 22.0. The lowest BCUT2D eigenvalue weighted by Gasteiger charge is -2.26. The third-order valence-corrected chi connectivity index (χ3v) is 13.3. The van der Waals surface area contributed by atoms with Crippen molar-refractivity contribution in [3.05, 3.63) is 90.1 Å². The van der Waals surface area contributed by atoms with Gasteiger partial charge in [-0.1, -0.05) is 78.5 Å². The minimum Gasteiger partial charge on any atom is -0.510 e. The van der Waals surface area contributed by atoms with Crippen molar-refractivity contribution >= 4 is 53.9 Å². The lowest BCUT2D eigenvalue weighted by atomic mass is 9.80. The lowest BCUT2D eigenvalue weighted by Crippen LogP contribution is -2.38. The zero-order chi connectivity index (χ0) is 43.4. The van der Waals surface area contributed by atoms with Gasteiger partial charge in [0.15, 0.2) is 6.29 Å². The van der Waals surface area contributed by atoms with Crippen LogP contribution in [0.15, 0.2) is 23.9 Å². The molecule has 8 bridgehead atoms. The van der Waals surface area contributed by atoms with Gasteiger partial charge in [0.25, 0.3) is 0 Å². The van der Waals surface area contributed by atoms with Gasteiger partial charge in [-0.2, -0.15) is 0 Å². The van der Waals surface area contributed by atoms with Crippen LogP contribution in [-0.4, -0.2) is 58.0 Å². The number of carbonyl (C=O) groups is 3. The van der Waals surface area contributed by atoms with Gasteiger partial charge in [0.05, 0.1) is 24.2 Å². The predicted octanol–water partition coefficient (Wildman–Crippen LogP) is 7.06. The van der Waals surface area contributed by atoms with Crippen molar-refractivity contribution in [3.8, 4) is 0 Å². The molecule has 0 amide bonds. The topological polar surface area (TPSA) is 149 Å². The van der Waals surface area contributed by atoms with Gasteiger partial charge in [0, 0.05) is 56.5 Å². The van der Waals surface area contributed by atoms with Gasteiger partial charge in [-0.3, -0.25) is 14.4 Å². The van der Waals surface area contributed by atoms with Gasteiger partial charge in [0.2, 0.25) is 0 Å². The fourth-order valence-electron chi connectivity index (χ4n) is 9.73. The highest BCUT2D eigenvalue weighted by atomic mass is 16.5. The first-order valence-corrected chi connectivity index (χ1v) is 22.0. The molecule has 322 valence electrons. The number of hydrogen-bond donors (Lipinski definition) is 5. The highest BCUT2D eigenvalue weighted by Crippen LogP contribution is 2.42. The van der Waals surface area contributed by atoms with E-state index in [1.54, 1.807) is 6.08 Å². The second-order valence-corrected chi connectivity index (χ2v) is 17.8. The number of allylic oxidation sites excluding steroid dienone is 2. The third kappa shape index (κ3) is 8.93. The van der Waals surface area contributed by atoms with E-state index in [0.29, 0.717) is 45.3 Å². The molecule has 0 spiro atoms. The monoisotopic (exact) mass is 818 g/mol. The molecule has 0 aromatic carbocycles. The molecular formula is C50H66N4O6. The fourth-order valence-corrected chi connectivity index (χ4v) is 9.73. The number of fused-ring (bicyclic) bond motifs is 8. The lowest BCUT2D eigenvalue weighted by molar-refractivity contribution is -0.143. The van der Waals surface area contributed by atoms with Crippen LogP contribution in [0.3, 0.4) is 0 Å². The van der Waals surface area contributed by atoms with Crippen LogP contribution < -0.4 is 26.6 Å². The number of carbonyl (C=O) groups excluding carboxylic acids is 3. The summed E-state index contributed by atoms with van der Waals surface area (Å²) in [5, 5.41) is 18.7. The minimum atomic E-state index is -1.05. The second kappa shape index (κ2) is 19.0. The summed E-state index contributed by atoms with van der Waals surface area (Å²) in [4.78, 5) is 50.4. The van der Waals surface area contributed by atoms with Crippen LogP contribution >= 0.6 is 0 Å². The average Bonchev–Trinajstić information content (AvgIpc) is 3.96. The Bertz CT molecular complexity index is 2450. The van der Waals surface area contributed by atoms with Crippen LogP contribution in [0.2, 0.25) is 0 Å². The zero-order valence-electron chi connectivity index (χ0n) is 37.2. The van der Waals surface area contributed by atoms with E-state index in [9.17, 15) is 19.5 Å². The molecule has 3 aromatic heterocycles. The quantitative estimate of drug-likeness (QED) is 0.0557. The number of nitrogens with one attached hydrogen (secondary N) is 4. The Labute approximate surface area is 354 Å². The standard InChI is InChI=1S/C50H66N4O6/c1-11-33-30(7)37-23-41-34(12-2)36(26-55)42(52-41)24-38-31(8)35(19-20-43(56)60-22-21-29(6)18-14-17-28(5)16-13-15-27(3)4)47(53-38)45-46(50(58)59-10)49(57)44-32(9)39(54-48(44)45)25-40(33)51-37/h12,21,23-28,31,35,46-47,51-54,57H,2,11,13-20,22H2,1,3-10H3/b29-21-,37-23-,38-24-,40-25-/t28-,31+,35+,46-,47?/m1/s1. The minimum absolute atomic E-state index is 0.0607. The smallest absolute Gasteiger partial charge is 0.320 e. The van der Waals surface area contributed by atoms with E-state index in [1.807, 2.05) is 25.2 Å². The van der Waals surface area contributed by atoms with Gasteiger partial charge in [-0.05, 0) is 111 Å². The molecule has 5 N–H and O–H groups in total. The number of aldehydes is 1. The summed E-state index contributed by atoms with van der Waals surface area (Å²) < 4.78 is 11.1. The number of aromatic nitrogens is 3. The molecule has 1 unspecified atom stereocenters. The molecule has 10 heteroatoms. The van der Waals surface area contributed by atoms with E-state index in [-0.39, 0.29) is 36.6 Å². The fraction of sp³-hybridized carbons (Fsp3) is 0.500. The van der Waals surface area contributed by atoms with Crippen molar-refractivity contribution in [1.29, 1.82) is 0 Å². The molecule has 60 heavy (non-hydrogen) atoms. The first-order chi connectivity index (χ1) is 28.7. The Hall–Kier alpha value is -5.25. The number of methoxy groups -OCH3 is 1. The van der Waals surface area contributed by atoms with Crippen LogP contribution in [0.5, 0.6) is 0 Å². The Morgan fingerprint density at radius 1 is 0.933 bits per heavy atom. The Balaban J connectivity index is 1.35. The molecule has 6 rings (SSSR count). The SMILES string of the molecule is C=Cc1c2[nH]c(c1C=O)/C=C1\NC(C3=c4[nH]c(c(C)c4=C(O)[C@@H]3C(=O)OC)/C=c3\[nH]/c(c(C)c3CC)=C\2)[C@@H](CCC(=O)OC/C=C(/C)CCC[C@H](C)CCCC(C)C)[C@@H]1C. The maximum atomic E-state index is 13.6. The van der Waals surface area contributed by atoms with Crippen LogP contribution in [0.4, 0.5) is 0 Å². The van der Waals surface area contributed by atoms with E-state index in [0.717, 1.165) is 75.9 Å². The zero-order valence-corrected chi connectivity index (χ0v) is 37.2. The van der Waals surface area contributed by atoms with Crippen molar-refractivity contribution < 1.29 is 29.0 Å². The summed E-state index contributed by atoms with van der Waals surface area (Å²) in [6.45, 7) is 21.5. The van der Waals surface area contributed by atoms with Crippen molar-refractivity contribution in [2.45, 2.75) is 119 Å². The summed E-state index contributed by atoms with van der Waals surface area (Å²) in [5.41, 5.74) is 9.11. The molecule has 1 aliphatic carbocycles. The molecule has 3 aromatic rings. The average molecular weight is 819 g/mol. The molecule has 2 aliphatic heterocycles. The Morgan fingerprint density at radius 3 is 2.33 bits per heavy atom. The van der Waals surface area contributed by atoms with E-state index >= 15 is 0 Å². The van der Waals surface area contributed by atoms with Gasteiger partial charge >= 0.3 is 11.9 Å². The maximum absolute atomic E-state index is 13.6. The van der Waals surface area contributed by atoms with Crippen LogP contribution in [0, 0.1) is 43.4 Å². The molecule has 0 saturated carbocycles. The van der Waals surface area contributed by atoms with E-state index in [2.05, 4.69) is 81.4 Å². The third-order valence-electron chi connectivity index (χ3n) is 13.3. The summed E-state index contributed by atoms with van der Waals surface area (Å²) in [6.07, 6.45) is 19.1. The van der Waals surface area contributed by atoms with E-state index in [4.69, 9.17) is 9.47 Å². The molecule has 1 fully saturated rings. The number of esters is 2. The van der Waals surface area contributed by atoms with Crippen molar-refractivity contribution in [2.75, 3.05) is 13.7 Å². The Kier molecular flexibility index (Phi) is 14.0. The number of hydrogen-bond acceptors (Lipinski definition) is 7. The molecule has 5 atom stereocenters. The highest BCUT2D eigenvalue weighted by Gasteiger charge is 2.47. The van der Waals surface area contributed by atoms with E-state index < -0.39 is 17.9 Å². The van der Waals surface area contributed by atoms with Gasteiger partial charge in [0.1, 0.15) is 18.3 Å². The van der Waals surface area contributed by atoms with Gasteiger partial charge in [-0.15, -0.1) is 0 Å². The molecule has 5 heterocycles.